The van der Waals surface area contributed by atoms with Gasteiger partial charge in [-0.1, -0.05) is 146 Å². The van der Waals surface area contributed by atoms with Crippen LogP contribution in [0.25, 0.3) is 55.0 Å². The van der Waals surface area contributed by atoms with Crippen LogP contribution in [0.2, 0.25) is 0 Å². The summed E-state index contributed by atoms with van der Waals surface area (Å²) in [5.41, 5.74) is 12.7. The molecule has 55 heavy (non-hydrogen) atoms. The Morgan fingerprint density at radius 2 is 0.764 bits per heavy atom. The third-order valence-corrected chi connectivity index (χ3v) is 10.4. The van der Waals surface area contributed by atoms with Crippen LogP contribution in [0.15, 0.2) is 223 Å². The maximum absolute atomic E-state index is 6.43. The van der Waals surface area contributed by atoms with Gasteiger partial charge in [-0.25, -0.2) is 0 Å². The molecule has 9 aromatic carbocycles. The predicted molar refractivity (Wildman–Crippen MR) is 231 cm³/mol. The highest BCUT2D eigenvalue weighted by Gasteiger charge is 2.20. The lowest BCUT2D eigenvalue weighted by atomic mass is 9.96. The van der Waals surface area contributed by atoms with Crippen molar-refractivity contribution in [1.82, 2.24) is 0 Å². The second-order valence-electron chi connectivity index (χ2n) is 13.8. The minimum Gasteiger partial charge on any atom is -0.455 e. The number of hydrogen-bond acceptors (Lipinski definition) is 3. The van der Waals surface area contributed by atoms with Crippen molar-refractivity contribution in [2.45, 2.75) is 0 Å². The van der Waals surface area contributed by atoms with E-state index < -0.39 is 0 Å². The van der Waals surface area contributed by atoms with Crippen molar-refractivity contribution in [3.05, 3.63) is 218 Å². The topological polar surface area (TPSA) is 19.6 Å². The molecule has 10 rings (SSSR count). The Hall–Kier alpha value is -7.36. The number of hydrogen-bond donors (Lipinski definition) is 0. The van der Waals surface area contributed by atoms with Gasteiger partial charge in [0.25, 0.3) is 0 Å². The van der Waals surface area contributed by atoms with Gasteiger partial charge in [0, 0.05) is 50.5 Å². The molecule has 0 saturated heterocycles. The Morgan fingerprint density at radius 1 is 0.291 bits per heavy atom. The summed E-state index contributed by atoms with van der Waals surface area (Å²) in [4.78, 5) is 4.70. The molecule has 0 saturated carbocycles. The molecular formula is C52H36N2O. The largest absolute Gasteiger partial charge is 0.455 e. The van der Waals surface area contributed by atoms with Crippen LogP contribution in [-0.4, -0.2) is 0 Å². The van der Waals surface area contributed by atoms with Gasteiger partial charge in [0.15, 0.2) is 0 Å². The molecule has 0 aliphatic rings. The van der Waals surface area contributed by atoms with E-state index in [1.807, 2.05) is 12.1 Å². The van der Waals surface area contributed by atoms with Gasteiger partial charge in [-0.2, -0.15) is 0 Å². The predicted octanol–water partition coefficient (Wildman–Crippen LogP) is 15.0. The smallest absolute Gasteiger partial charge is 0.143 e. The molecule has 1 aromatic heterocycles. The Labute approximate surface area is 320 Å². The van der Waals surface area contributed by atoms with E-state index in [2.05, 4.69) is 216 Å². The van der Waals surface area contributed by atoms with Crippen molar-refractivity contribution >= 4 is 66.8 Å². The molecule has 3 nitrogen and oxygen atoms in total. The summed E-state index contributed by atoms with van der Waals surface area (Å²) < 4.78 is 6.43. The molecule has 0 aliphatic heterocycles. The Morgan fingerprint density at radius 3 is 1.40 bits per heavy atom. The minimum absolute atomic E-state index is 0.902. The molecule has 10 aromatic rings. The van der Waals surface area contributed by atoms with Crippen LogP contribution >= 0.6 is 0 Å². The molecule has 3 heteroatoms. The lowest BCUT2D eigenvalue weighted by Crippen LogP contribution is -2.13. The first-order valence-corrected chi connectivity index (χ1v) is 18.7. The molecule has 0 aliphatic carbocycles. The van der Waals surface area contributed by atoms with Crippen LogP contribution in [-0.2, 0) is 0 Å². The first-order valence-electron chi connectivity index (χ1n) is 18.7. The Kier molecular flexibility index (Phi) is 8.16. The third-order valence-electron chi connectivity index (χ3n) is 10.4. The molecular weight excluding hydrogens is 669 g/mol. The lowest BCUT2D eigenvalue weighted by molar-refractivity contribution is 0.670. The molecule has 260 valence electrons. The fraction of sp³-hybridized carbons (Fsp3) is 0. The number of para-hydroxylation sites is 5. The standard InChI is InChI=1S/C52H36N2O/c1-4-18-40(19-5-1)53(41-20-6-2-7-21-41)44-34-39(47-26-14-17-37-16-10-11-24-46(37)47)35-45(36-44)54(42-22-8-3-9-23-42)43-32-30-38(31-33-43)48-27-15-28-50-49-25-12-13-29-51(49)55-52(48)50/h1-36H. The van der Waals surface area contributed by atoms with Gasteiger partial charge in [0.05, 0.1) is 0 Å². The number of rotatable bonds is 8. The van der Waals surface area contributed by atoms with Crippen molar-refractivity contribution in [3.8, 4) is 22.3 Å². The quantitative estimate of drug-likeness (QED) is 0.157. The van der Waals surface area contributed by atoms with Crippen LogP contribution in [0.4, 0.5) is 34.1 Å². The average molecular weight is 705 g/mol. The van der Waals surface area contributed by atoms with E-state index in [1.54, 1.807) is 0 Å². The zero-order valence-electron chi connectivity index (χ0n) is 30.1. The molecule has 0 fully saturated rings. The number of fused-ring (bicyclic) bond motifs is 4. The zero-order valence-corrected chi connectivity index (χ0v) is 30.1. The summed E-state index contributed by atoms with van der Waals surface area (Å²) in [6.45, 7) is 0. The van der Waals surface area contributed by atoms with E-state index in [0.29, 0.717) is 0 Å². The number of nitrogens with zero attached hydrogens (tertiary/aromatic N) is 2. The van der Waals surface area contributed by atoms with E-state index in [0.717, 1.165) is 72.8 Å². The van der Waals surface area contributed by atoms with Gasteiger partial charge < -0.3 is 14.2 Å². The molecule has 0 unspecified atom stereocenters. The van der Waals surface area contributed by atoms with Crippen molar-refractivity contribution in [2.24, 2.45) is 0 Å². The van der Waals surface area contributed by atoms with E-state index in [1.165, 1.54) is 16.3 Å². The van der Waals surface area contributed by atoms with E-state index in [9.17, 15) is 0 Å². The van der Waals surface area contributed by atoms with Crippen molar-refractivity contribution < 1.29 is 4.42 Å². The van der Waals surface area contributed by atoms with Crippen LogP contribution in [0, 0.1) is 0 Å². The molecule has 0 N–H and O–H groups in total. The van der Waals surface area contributed by atoms with Crippen molar-refractivity contribution in [3.63, 3.8) is 0 Å². The summed E-state index contributed by atoms with van der Waals surface area (Å²) in [7, 11) is 0. The van der Waals surface area contributed by atoms with Gasteiger partial charge in [0.2, 0.25) is 0 Å². The molecule has 0 radical (unpaired) electrons. The summed E-state index contributed by atoms with van der Waals surface area (Å²) in [6.07, 6.45) is 0. The third kappa shape index (κ3) is 5.98. The van der Waals surface area contributed by atoms with Gasteiger partial charge >= 0.3 is 0 Å². The van der Waals surface area contributed by atoms with Gasteiger partial charge in [0.1, 0.15) is 11.2 Å². The van der Waals surface area contributed by atoms with Crippen LogP contribution in [0.1, 0.15) is 0 Å². The first-order chi connectivity index (χ1) is 27.3. The van der Waals surface area contributed by atoms with Crippen molar-refractivity contribution in [2.75, 3.05) is 9.80 Å². The lowest BCUT2D eigenvalue weighted by Gasteiger charge is -2.30. The molecule has 0 amide bonds. The zero-order chi connectivity index (χ0) is 36.6. The normalized spacial score (nSPS) is 11.3. The molecule has 1 heterocycles. The van der Waals surface area contributed by atoms with Gasteiger partial charge in [-0.3, -0.25) is 0 Å². The van der Waals surface area contributed by atoms with E-state index in [4.69, 9.17) is 4.42 Å². The molecule has 0 atom stereocenters. The molecule has 0 spiro atoms. The van der Waals surface area contributed by atoms with Gasteiger partial charge in [-0.15, -0.1) is 0 Å². The first kappa shape index (κ1) is 32.3. The fourth-order valence-corrected chi connectivity index (χ4v) is 7.88. The van der Waals surface area contributed by atoms with Crippen LogP contribution in [0.5, 0.6) is 0 Å². The van der Waals surface area contributed by atoms with Crippen molar-refractivity contribution in [1.29, 1.82) is 0 Å². The summed E-state index contributed by atoms with van der Waals surface area (Å²) in [5, 5.41) is 4.69. The fourth-order valence-electron chi connectivity index (χ4n) is 7.88. The number of furan rings is 1. The SMILES string of the molecule is c1ccc(N(c2ccccc2)c2cc(-c3cccc4ccccc34)cc(N(c3ccccc3)c3ccc(-c4cccc5c4oc4ccccc45)cc3)c2)cc1. The van der Waals surface area contributed by atoms with E-state index in [-0.39, 0.29) is 0 Å². The number of anilines is 6. The van der Waals surface area contributed by atoms with Crippen LogP contribution in [0.3, 0.4) is 0 Å². The molecule has 0 bridgehead atoms. The summed E-state index contributed by atoms with van der Waals surface area (Å²) in [5.74, 6) is 0. The monoisotopic (exact) mass is 704 g/mol. The maximum atomic E-state index is 6.43. The Balaban J connectivity index is 1.18. The van der Waals surface area contributed by atoms with Gasteiger partial charge in [-0.05, 0) is 100 Å². The second kappa shape index (κ2) is 13.9. The maximum Gasteiger partial charge on any atom is 0.143 e. The highest BCUT2D eigenvalue weighted by atomic mass is 16.3. The highest BCUT2D eigenvalue weighted by molar-refractivity contribution is 6.09. The summed E-state index contributed by atoms with van der Waals surface area (Å²) >= 11 is 0. The average Bonchev–Trinajstić information content (AvgIpc) is 3.64. The Bertz CT molecular complexity index is 2870. The van der Waals surface area contributed by atoms with E-state index >= 15 is 0 Å². The summed E-state index contributed by atoms with van der Waals surface area (Å²) in [6, 6.07) is 77.6. The van der Waals surface area contributed by atoms with Crippen LogP contribution < -0.4 is 9.80 Å². The number of benzene rings is 9. The minimum atomic E-state index is 0.902. The highest BCUT2D eigenvalue weighted by Crippen LogP contribution is 2.45. The second-order valence-corrected chi connectivity index (χ2v) is 13.8.